The predicted molar refractivity (Wildman–Crippen MR) is 50.5 cm³/mol. The lowest BCUT2D eigenvalue weighted by molar-refractivity contribution is 0.374. The molecule has 0 bridgehead atoms. The zero-order valence-corrected chi connectivity index (χ0v) is 7.83. The van der Waals surface area contributed by atoms with Gasteiger partial charge in [0.25, 0.3) is 0 Å². The van der Waals surface area contributed by atoms with Crippen molar-refractivity contribution in [2.24, 2.45) is 5.73 Å². The van der Waals surface area contributed by atoms with Gasteiger partial charge in [0.05, 0.1) is 5.69 Å². The zero-order valence-electron chi connectivity index (χ0n) is 7.83. The van der Waals surface area contributed by atoms with Crippen LogP contribution < -0.4 is 5.73 Å². The molecular weight excluding hydrogens is 164 g/mol. The molecule has 2 rings (SSSR count). The average molecular weight is 180 g/mol. The van der Waals surface area contributed by atoms with Gasteiger partial charge in [0.15, 0.2) is 0 Å². The normalized spacial score (nSPS) is 18.2. The van der Waals surface area contributed by atoms with Crippen molar-refractivity contribution in [2.75, 3.05) is 6.54 Å². The molecule has 0 spiro atoms. The van der Waals surface area contributed by atoms with Crippen LogP contribution in [0.2, 0.25) is 0 Å². The number of hydrogen-bond acceptors (Lipinski definition) is 3. The van der Waals surface area contributed by atoms with Gasteiger partial charge in [0, 0.05) is 18.4 Å². The van der Waals surface area contributed by atoms with Gasteiger partial charge in [-0.3, -0.25) is 0 Å². The van der Waals surface area contributed by atoms with E-state index in [0.717, 1.165) is 17.9 Å². The fraction of sp³-hybridized carbons (Fsp3) is 0.700. The third-order valence-electron chi connectivity index (χ3n) is 2.74. The molecule has 3 nitrogen and oxygen atoms in total. The summed E-state index contributed by atoms with van der Waals surface area (Å²) in [6.07, 6.45) is 6.02. The Hall–Kier alpha value is -0.830. The van der Waals surface area contributed by atoms with Crippen LogP contribution in [0.5, 0.6) is 0 Å². The van der Waals surface area contributed by atoms with E-state index in [-0.39, 0.29) is 0 Å². The van der Waals surface area contributed by atoms with E-state index in [4.69, 9.17) is 10.3 Å². The molecule has 0 aliphatic heterocycles. The molecule has 1 fully saturated rings. The fourth-order valence-corrected chi connectivity index (χ4v) is 2.00. The maximum atomic E-state index is 5.44. The van der Waals surface area contributed by atoms with Crippen LogP contribution >= 0.6 is 0 Å². The molecule has 2 N–H and O–H groups in total. The fourth-order valence-electron chi connectivity index (χ4n) is 2.00. The van der Waals surface area contributed by atoms with Gasteiger partial charge < -0.3 is 10.3 Å². The van der Waals surface area contributed by atoms with Crippen LogP contribution in [0, 0.1) is 0 Å². The maximum Gasteiger partial charge on any atom is 0.138 e. The Balaban J connectivity index is 2.03. The minimum atomic E-state index is 0.638. The molecule has 0 amide bonds. The summed E-state index contributed by atoms with van der Waals surface area (Å²) in [6, 6.07) is 2.07. The van der Waals surface area contributed by atoms with E-state index in [1.54, 1.807) is 0 Å². The van der Waals surface area contributed by atoms with Gasteiger partial charge in [0.2, 0.25) is 0 Å². The summed E-state index contributed by atoms with van der Waals surface area (Å²) in [5, 5.41) is 4.09. The molecule has 0 radical (unpaired) electrons. The second-order valence-corrected chi connectivity index (χ2v) is 3.74. The summed E-state index contributed by atoms with van der Waals surface area (Å²) in [5.41, 5.74) is 6.58. The highest BCUT2D eigenvalue weighted by Gasteiger charge is 2.20. The monoisotopic (exact) mass is 180 g/mol. The molecule has 0 saturated heterocycles. The SMILES string of the molecule is NCCc1cc(C2CCCC2)no1. The molecule has 0 atom stereocenters. The van der Waals surface area contributed by atoms with Gasteiger partial charge >= 0.3 is 0 Å². The van der Waals surface area contributed by atoms with Crippen LogP contribution in [0.1, 0.15) is 43.1 Å². The van der Waals surface area contributed by atoms with E-state index >= 15 is 0 Å². The van der Waals surface area contributed by atoms with Crippen molar-refractivity contribution in [3.63, 3.8) is 0 Å². The third-order valence-corrected chi connectivity index (χ3v) is 2.74. The van der Waals surface area contributed by atoms with E-state index in [1.165, 1.54) is 25.7 Å². The van der Waals surface area contributed by atoms with Crippen LogP contribution in [-0.2, 0) is 6.42 Å². The number of aromatic nitrogens is 1. The van der Waals surface area contributed by atoms with Crippen molar-refractivity contribution in [3.05, 3.63) is 17.5 Å². The van der Waals surface area contributed by atoms with Gasteiger partial charge in [0.1, 0.15) is 5.76 Å². The Kier molecular flexibility index (Phi) is 2.64. The van der Waals surface area contributed by atoms with Crippen LogP contribution in [0.4, 0.5) is 0 Å². The molecule has 72 valence electrons. The molecule has 1 heterocycles. The van der Waals surface area contributed by atoms with Gasteiger partial charge in [-0.2, -0.15) is 0 Å². The summed E-state index contributed by atoms with van der Waals surface area (Å²) in [5.74, 6) is 1.58. The van der Waals surface area contributed by atoms with Gasteiger partial charge in [-0.25, -0.2) is 0 Å². The number of nitrogens with two attached hydrogens (primary N) is 1. The summed E-state index contributed by atoms with van der Waals surface area (Å²) >= 11 is 0. The first kappa shape index (κ1) is 8.75. The van der Waals surface area contributed by atoms with Crippen LogP contribution in [0.3, 0.4) is 0 Å². The van der Waals surface area contributed by atoms with Crippen molar-refractivity contribution < 1.29 is 4.52 Å². The standard InChI is InChI=1S/C10H16N2O/c11-6-5-9-7-10(12-13-9)8-3-1-2-4-8/h7-8H,1-6,11H2. The molecule has 13 heavy (non-hydrogen) atoms. The van der Waals surface area contributed by atoms with Crippen molar-refractivity contribution in [1.29, 1.82) is 0 Å². The topological polar surface area (TPSA) is 52.0 Å². The molecule has 0 unspecified atom stereocenters. The van der Waals surface area contributed by atoms with Crippen LogP contribution in [-0.4, -0.2) is 11.7 Å². The Labute approximate surface area is 78.3 Å². The lowest BCUT2D eigenvalue weighted by Gasteiger charge is -2.00. The molecular formula is C10H16N2O. The van der Waals surface area contributed by atoms with Crippen molar-refractivity contribution in [3.8, 4) is 0 Å². The van der Waals surface area contributed by atoms with E-state index in [0.29, 0.717) is 12.5 Å². The number of nitrogens with zero attached hydrogens (tertiary/aromatic N) is 1. The molecule has 3 heteroatoms. The van der Waals surface area contributed by atoms with E-state index in [2.05, 4.69) is 11.2 Å². The predicted octanol–water partition coefficient (Wildman–Crippen LogP) is 1.83. The second kappa shape index (κ2) is 3.92. The minimum absolute atomic E-state index is 0.638. The lowest BCUT2D eigenvalue weighted by atomic mass is 10.0. The highest BCUT2D eigenvalue weighted by molar-refractivity contribution is 5.11. The van der Waals surface area contributed by atoms with E-state index in [1.807, 2.05) is 0 Å². The summed E-state index contributed by atoms with van der Waals surface area (Å²) in [4.78, 5) is 0. The zero-order chi connectivity index (χ0) is 9.10. The number of hydrogen-bond donors (Lipinski definition) is 1. The molecule has 1 aliphatic carbocycles. The second-order valence-electron chi connectivity index (χ2n) is 3.74. The quantitative estimate of drug-likeness (QED) is 0.772. The molecule has 1 aromatic heterocycles. The highest BCUT2D eigenvalue weighted by Crippen LogP contribution is 2.33. The maximum absolute atomic E-state index is 5.44. The van der Waals surface area contributed by atoms with Crippen LogP contribution in [0.15, 0.2) is 10.6 Å². The average Bonchev–Trinajstić information content (AvgIpc) is 2.70. The van der Waals surface area contributed by atoms with E-state index in [9.17, 15) is 0 Å². The largest absolute Gasteiger partial charge is 0.361 e. The van der Waals surface area contributed by atoms with Gasteiger partial charge in [-0.05, 0) is 19.4 Å². The Morgan fingerprint density at radius 2 is 2.23 bits per heavy atom. The summed E-state index contributed by atoms with van der Waals surface area (Å²) in [7, 11) is 0. The molecule has 0 aromatic carbocycles. The Morgan fingerprint density at radius 1 is 1.46 bits per heavy atom. The lowest BCUT2D eigenvalue weighted by Crippen LogP contribution is -2.01. The smallest absolute Gasteiger partial charge is 0.138 e. The van der Waals surface area contributed by atoms with Crippen molar-refractivity contribution in [1.82, 2.24) is 5.16 Å². The Morgan fingerprint density at radius 3 is 2.92 bits per heavy atom. The van der Waals surface area contributed by atoms with E-state index < -0.39 is 0 Å². The minimum Gasteiger partial charge on any atom is -0.361 e. The Bertz CT molecular complexity index is 264. The first-order valence-electron chi connectivity index (χ1n) is 5.05. The molecule has 1 saturated carbocycles. The van der Waals surface area contributed by atoms with Crippen molar-refractivity contribution >= 4 is 0 Å². The third kappa shape index (κ3) is 1.91. The van der Waals surface area contributed by atoms with Crippen LogP contribution in [0.25, 0.3) is 0 Å². The highest BCUT2D eigenvalue weighted by atomic mass is 16.5. The molecule has 1 aromatic rings. The van der Waals surface area contributed by atoms with Gasteiger partial charge in [-0.1, -0.05) is 18.0 Å². The number of rotatable bonds is 3. The molecule has 1 aliphatic rings. The first-order valence-corrected chi connectivity index (χ1v) is 5.05. The van der Waals surface area contributed by atoms with Gasteiger partial charge in [-0.15, -0.1) is 0 Å². The summed E-state index contributed by atoms with van der Waals surface area (Å²) < 4.78 is 5.19. The first-order chi connectivity index (χ1) is 6.40. The summed E-state index contributed by atoms with van der Waals surface area (Å²) in [6.45, 7) is 0.638. The van der Waals surface area contributed by atoms with Crippen molar-refractivity contribution in [2.45, 2.75) is 38.0 Å².